The Labute approximate surface area is 119 Å². The second kappa shape index (κ2) is 7.62. The van der Waals surface area contributed by atoms with E-state index in [9.17, 15) is 4.79 Å². The van der Waals surface area contributed by atoms with Gasteiger partial charge in [0, 0.05) is 37.5 Å². The predicted octanol–water partition coefficient (Wildman–Crippen LogP) is 1.82. The van der Waals surface area contributed by atoms with Gasteiger partial charge in [-0.15, -0.1) is 11.3 Å². The van der Waals surface area contributed by atoms with Crippen LogP contribution in [0.5, 0.6) is 0 Å². The zero-order chi connectivity index (χ0) is 13.5. The lowest BCUT2D eigenvalue weighted by atomic mass is 10.3. The average Bonchev–Trinajstić information content (AvgIpc) is 2.97. The molecule has 5 heteroatoms. The lowest BCUT2D eigenvalue weighted by molar-refractivity contribution is -0.135. The molecule has 0 saturated carbocycles. The molecule has 2 rings (SSSR count). The van der Waals surface area contributed by atoms with Crippen molar-refractivity contribution in [3.05, 3.63) is 22.4 Å². The molecule has 1 fully saturated rings. The van der Waals surface area contributed by atoms with Crippen molar-refractivity contribution >= 4 is 17.2 Å². The molecule has 1 saturated heterocycles. The summed E-state index contributed by atoms with van der Waals surface area (Å²) in [4.78, 5) is 17.7. The molecule has 0 spiro atoms. The van der Waals surface area contributed by atoms with E-state index in [0.717, 1.165) is 32.7 Å². The molecule has 1 aromatic heterocycles. The third-order valence-corrected chi connectivity index (χ3v) is 4.27. The Kier molecular flexibility index (Phi) is 5.82. The molecule has 2 heterocycles. The van der Waals surface area contributed by atoms with E-state index in [2.05, 4.69) is 29.3 Å². The smallest absolute Gasteiger partial charge is 0.224 e. The van der Waals surface area contributed by atoms with E-state index < -0.39 is 0 Å². The zero-order valence-electron chi connectivity index (χ0n) is 11.5. The van der Waals surface area contributed by atoms with E-state index in [1.54, 1.807) is 11.3 Å². The SMILES string of the molecule is CCN(CCC(=O)N1CCOCC1)Cc1cccs1. The molecular formula is C14H22N2O2S. The van der Waals surface area contributed by atoms with E-state index in [-0.39, 0.29) is 5.91 Å². The molecule has 1 aromatic rings. The van der Waals surface area contributed by atoms with Crippen LogP contribution in [0.25, 0.3) is 0 Å². The minimum absolute atomic E-state index is 0.257. The van der Waals surface area contributed by atoms with Crippen molar-refractivity contribution in [1.29, 1.82) is 0 Å². The highest BCUT2D eigenvalue weighted by Crippen LogP contribution is 2.12. The third-order valence-electron chi connectivity index (χ3n) is 3.41. The number of thiophene rings is 1. The van der Waals surface area contributed by atoms with E-state index >= 15 is 0 Å². The van der Waals surface area contributed by atoms with Crippen molar-refractivity contribution in [3.63, 3.8) is 0 Å². The average molecular weight is 282 g/mol. The second-order valence-electron chi connectivity index (χ2n) is 4.69. The van der Waals surface area contributed by atoms with E-state index in [4.69, 9.17) is 4.74 Å². The fraction of sp³-hybridized carbons (Fsp3) is 0.643. The van der Waals surface area contributed by atoms with Crippen molar-refractivity contribution in [2.75, 3.05) is 39.4 Å². The highest BCUT2D eigenvalue weighted by atomic mass is 32.1. The van der Waals surface area contributed by atoms with E-state index in [1.165, 1.54) is 4.88 Å². The van der Waals surface area contributed by atoms with Gasteiger partial charge in [-0.2, -0.15) is 0 Å². The summed E-state index contributed by atoms with van der Waals surface area (Å²) in [6.45, 7) is 7.76. The molecule has 0 aromatic carbocycles. The van der Waals surface area contributed by atoms with Crippen molar-refractivity contribution in [1.82, 2.24) is 9.80 Å². The molecule has 1 aliphatic rings. The number of hydrogen-bond donors (Lipinski definition) is 0. The number of carbonyl (C=O) groups is 1. The number of hydrogen-bond acceptors (Lipinski definition) is 4. The van der Waals surface area contributed by atoms with Crippen LogP contribution in [0.15, 0.2) is 17.5 Å². The fourth-order valence-corrected chi connectivity index (χ4v) is 2.94. The van der Waals surface area contributed by atoms with Gasteiger partial charge in [-0.25, -0.2) is 0 Å². The van der Waals surface area contributed by atoms with E-state index in [0.29, 0.717) is 19.6 Å². The van der Waals surface area contributed by atoms with Crippen molar-refractivity contribution < 1.29 is 9.53 Å². The Morgan fingerprint density at radius 3 is 2.89 bits per heavy atom. The Hall–Kier alpha value is -0.910. The van der Waals surface area contributed by atoms with Crippen LogP contribution in [0, 0.1) is 0 Å². The summed E-state index contributed by atoms with van der Waals surface area (Å²) in [5, 5.41) is 2.10. The topological polar surface area (TPSA) is 32.8 Å². The van der Waals surface area contributed by atoms with Crippen LogP contribution < -0.4 is 0 Å². The minimum Gasteiger partial charge on any atom is -0.378 e. The third kappa shape index (κ3) is 4.60. The first-order valence-electron chi connectivity index (χ1n) is 6.90. The quantitative estimate of drug-likeness (QED) is 0.798. The van der Waals surface area contributed by atoms with E-state index in [1.807, 2.05) is 4.90 Å². The summed E-state index contributed by atoms with van der Waals surface area (Å²) in [6.07, 6.45) is 0.610. The van der Waals surface area contributed by atoms with Gasteiger partial charge in [0.1, 0.15) is 0 Å². The van der Waals surface area contributed by atoms with Gasteiger partial charge in [-0.05, 0) is 18.0 Å². The first-order valence-corrected chi connectivity index (χ1v) is 7.78. The summed E-state index contributed by atoms with van der Waals surface area (Å²) in [7, 11) is 0. The molecule has 106 valence electrons. The molecular weight excluding hydrogens is 260 g/mol. The molecule has 0 unspecified atom stereocenters. The Morgan fingerprint density at radius 2 is 2.26 bits per heavy atom. The maximum absolute atomic E-state index is 12.1. The lowest BCUT2D eigenvalue weighted by Crippen LogP contribution is -2.41. The van der Waals surface area contributed by atoms with Crippen LogP contribution in [0.2, 0.25) is 0 Å². The highest BCUT2D eigenvalue weighted by Gasteiger charge is 2.17. The number of carbonyl (C=O) groups excluding carboxylic acids is 1. The molecule has 19 heavy (non-hydrogen) atoms. The highest BCUT2D eigenvalue weighted by molar-refractivity contribution is 7.09. The van der Waals surface area contributed by atoms with Crippen molar-refractivity contribution in [3.8, 4) is 0 Å². The van der Waals surface area contributed by atoms with Crippen molar-refractivity contribution in [2.24, 2.45) is 0 Å². The van der Waals surface area contributed by atoms with Gasteiger partial charge in [-0.1, -0.05) is 13.0 Å². The monoisotopic (exact) mass is 282 g/mol. The minimum atomic E-state index is 0.257. The van der Waals surface area contributed by atoms with Crippen molar-refractivity contribution in [2.45, 2.75) is 19.9 Å². The number of morpholine rings is 1. The van der Waals surface area contributed by atoms with Gasteiger partial charge >= 0.3 is 0 Å². The Morgan fingerprint density at radius 1 is 1.47 bits per heavy atom. The van der Waals surface area contributed by atoms with Gasteiger partial charge in [0.25, 0.3) is 0 Å². The largest absolute Gasteiger partial charge is 0.378 e. The number of amides is 1. The van der Waals surface area contributed by atoms with Gasteiger partial charge < -0.3 is 9.64 Å². The molecule has 0 radical (unpaired) electrons. The zero-order valence-corrected chi connectivity index (χ0v) is 12.3. The summed E-state index contributed by atoms with van der Waals surface area (Å²) in [5.74, 6) is 0.257. The van der Waals surface area contributed by atoms with Crippen LogP contribution in [0.3, 0.4) is 0 Å². The van der Waals surface area contributed by atoms with Gasteiger partial charge in [0.2, 0.25) is 5.91 Å². The fourth-order valence-electron chi connectivity index (χ4n) is 2.20. The number of nitrogens with zero attached hydrogens (tertiary/aromatic N) is 2. The Balaban J connectivity index is 1.74. The van der Waals surface area contributed by atoms with Gasteiger partial charge in [-0.3, -0.25) is 9.69 Å². The first kappa shape index (κ1) is 14.5. The molecule has 1 amide bonds. The van der Waals surface area contributed by atoms with Crippen LogP contribution in [-0.4, -0.2) is 55.1 Å². The molecule has 0 aliphatic carbocycles. The molecule has 0 N–H and O–H groups in total. The summed E-state index contributed by atoms with van der Waals surface area (Å²) in [5.41, 5.74) is 0. The van der Waals surface area contributed by atoms with Crippen LogP contribution in [0.4, 0.5) is 0 Å². The molecule has 1 aliphatic heterocycles. The van der Waals surface area contributed by atoms with Crippen LogP contribution >= 0.6 is 11.3 Å². The molecule has 0 atom stereocenters. The first-order chi connectivity index (χ1) is 9.29. The summed E-state index contributed by atoms with van der Waals surface area (Å²) < 4.78 is 5.26. The molecule has 4 nitrogen and oxygen atoms in total. The number of rotatable bonds is 6. The second-order valence-corrected chi connectivity index (χ2v) is 5.72. The van der Waals surface area contributed by atoms with Gasteiger partial charge in [0.05, 0.1) is 13.2 Å². The summed E-state index contributed by atoms with van der Waals surface area (Å²) >= 11 is 1.78. The Bertz CT molecular complexity index is 375. The maximum Gasteiger partial charge on any atom is 0.224 e. The van der Waals surface area contributed by atoms with Crippen LogP contribution in [-0.2, 0) is 16.1 Å². The standard InChI is InChI=1S/C14H22N2O2S/c1-2-15(12-13-4-3-11-19-13)6-5-14(17)16-7-9-18-10-8-16/h3-4,11H,2,5-10,12H2,1H3. The predicted molar refractivity (Wildman–Crippen MR) is 77.3 cm³/mol. The van der Waals surface area contributed by atoms with Crippen LogP contribution in [0.1, 0.15) is 18.2 Å². The normalized spacial score (nSPS) is 16.0. The maximum atomic E-state index is 12.1. The number of ether oxygens (including phenoxy) is 1. The summed E-state index contributed by atoms with van der Waals surface area (Å²) in [6, 6.07) is 4.23. The van der Waals surface area contributed by atoms with Gasteiger partial charge in [0.15, 0.2) is 0 Å². The lowest BCUT2D eigenvalue weighted by Gasteiger charge is -2.28. The molecule has 0 bridgehead atoms.